The molecule has 0 aliphatic carbocycles. The highest BCUT2D eigenvalue weighted by atomic mass is 16.5. The predicted octanol–water partition coefficient (Wildman–Crippen LogP) is 2.30. The van der Waals surface area contributed by atoms with Gasteiger partial charge in [-0.3, -0.25) is 9.59 Å². The Labute approximate surface area is 165 Å². The molecule has 0 spiro atoms. The minimum absolute atomic E-state index is 0.111. The summed E-state index contributed by atoms with van der Waals surface area (Å²) in [5.74, 6) is -0.251. The van der Waals surface area contributed by atoms with Crippen LogP contribution >= 0.6 is 0 Å². The second kappa shape index (κ2) is 10.0. The summed E-state index contributed by atoms with van der Waals surface area (Å²) in [5.41, 5.74) is 8.46. The van der Waals surface area contributed by atoms with Crippen LogP contribution in [-0.2, 0) is 16.1 Å². The molecular formula is C22H27N3O3. The van der Waals surface area contributed by atoms with Crippen molar-refractivity contribution >= 4 is 11.8 Å². The second-order valence-electron chi connectivity index (χ2n) is 7.04. The smallest absolute Gasteiger partial charge is 0.251 e. The van der Waals surface area contributed by atoms with Crippen molar-refractivity contribution in [2.75, 3.05) is 13.2 Å². The Balaban J connectivity index is 1.47. The molecule has 148 valence electrons. The van der Waals surface area contributed by atoms with Crippen molar-refractivity contribution in [3.05, 3.63) is 71.3 Å². The van der Waals surface area contributed by atoms with Gasteiger partial charge in [-0.1, -0.05) is 42.5 Å². The number of carbonyl (C=O) groups is 2. The highest BCUT2D eigenvalue weighted by Gasteiger charge is 2.17. The first-order chi connectivity index (χ1) is 13.6. The van der Waals surface area contributed by atoms with Crippen LogP contribution in [0.4, 0.5) is 0 Å². The van der Waals surface area contributed by atoms with E-state index in [9.17, 15) is 9.59 Å². The Morgan fingerprint density at radius 3 is 2.68 bits per heavy atom. The van der Waals surface area contributed by atoms with E-state index in [2.05, 4.69) is 10.6 Å². The molecule has 1 heterocycles. The summed E-state index contributed by atoms with van der Waals surface area (Å²) in [6, 6.07) is 16.5. The predicted molar refractivity (Wildman–Crippen MR) is 108 cm³/mol. The van der Waals surface area contributed by atoms with Crippen molar-refractivity contribution in [2.24, 2.45) is 5.73 Å². The van der Waals surface area contributed by atoms with E-state index in [0.29, 0.717) is 18.7 Å². The quantitative estimate of drug-likeness (QED) is 0.654. The third kappa shape index (κ3) is 5.90. The minimum atomic E-state index is -0.337. The van der Waals surface area contributed by atoms with Gasteiger partial charge in [-0.05, 0) is 36.1 Å². The highest BCUT2D eigenvalue weighted by Crippen LogP contribution is 2.14. The fourth-order valence-corrected chi connectivity index (χ4v) is 3.23. The summed E-state index contributed by atoms with van der Waals surface area (Å²) in [7, 11) is 0. The van der Waals surface area contributed by atoms with Gasteiger partial charge in [0.25, 0.3) is 5.91 Å². The number of ether oxygens (including phenoxy) is 1. The molecule has 3 rings (SSSR count). The van der Waals surface area contributed by atoms with E-state index >= 15 is 0 Å². The zero-order valence-electron chi connectivity index (χ0n) is 15.9. The van der Waals surface area contributed by atoms with Crippen LogP contribution in [-0.4, -0.2) is 31.1 Å². The number of hydrogen-bond acceptors (Lipinski definition) is 4. The summed E-state index contributed by atoms with van der Waals surface area (Å²) >= 11 is 0. The zero-order valence-corrected chi connectivity index (χ0v) is 15.9. The largest absolute Gasteiger partial charge is 0.376 e. The molecular weight excluding hydrogens is 354 g/mol. The lowest BCUT2D eigenvalue weighted by Gasteiger charge is -2.13. The maximum Gasteiger partial charge on any atom is 0.251 e. The number of carbonyl (C=O) groups excluding carboxylic acids is 2. The van der Waals surface area contributed by atoms with Crippen molar-refractivity contribution < 1.29 is 14.3 Å². The topological polar surface area (TPSA) is 93.5 Å². The molecule has 28 heavy (non-hydrogen) atoms. The summed E-state index contributed by atoms with van der Waals surface area (Å²) in [5, 5.41) is 5.78. The van der Waals surface area contributed by atoms with Crippen molar-refractivity contribution in [1.82, 2.24) is 10.6 Å². The number of benzene rings is 2. The number of hydrogen-bond donors (Lipinski definition) is 3. The van der Waals surface area contributed by atoms with E-state index in [1.165, 1.54) is 0 Å². The molecule has 4 N–H and O–H groups in total. The van der Waals surface area contributed by atoms with Gasteiger partial charge in [0.05, 0.1) is 6.10 Å². The van der Waals surface area contributed by atoms with Crippen molar-refractivity contribution in [3.8, 4) is 0 Å². The van der Waals surface area contributed by atoms with E-state index < -0.39 is 0 Å². The molecule has 0 saturated carbocycles. The summed E-state index contributed by atoms with van der Waals surface area (Å²) in [6.07, 6.45) is 2.35. The molecule has 2 atom stereocenters. The molecule has 1 aliphatic heterocycles. The molecule has 1 saturated heterocycles. The van der Waals surface area contributed by atoms with Gasteiger partial charge in [0.2, 0.25) is 5.91 Å². The fourth-order valence-electron chi connectivity index (χ4n) is 3.23. The van der Waals surface area contributed by atoms with E-state index in [4.69, 9.17) is 10.5 Å². The molecule has 2 aromatic carbocycles. The van der Waals surface area contributed by atoms with Gasteiger partial charge in [-0.15, -0.1) is 0 Å². The van der Waals surface area contributed by atoms with Crippen molar-refractivity contribution in [3.63, 3.8) is 0 Å². The van der Waals surface area contributed by atoms with Gasteiger partial charge in [-0.25, -0.2) is 0 Å². The van der Waals surface area contributed by atoms with Gasteiger partial charge in [-0.2, -0.15) is 0 Å². The second-order valence-corrected chi connectivity index (χ2v) is 7.04. The van der Waals surface area contributed by atoms with Gasteiger partial charge >= 0.3 is 0 Å². The lowest BCUT2D eigenvalue weighted by atomic mass is 10.0. The van der Waals surface area contributed by atoms with Crippen LogP contribution in [0.25, 0.3) is 0 Å². The number of amides is 2. The lowest BCUT2D eigenvalue weighted by molar-refractivity contribution is -0.121. The molecule has 0 bridgehead atoms. The Morgan fingerprint density at radius 1 is 1.11 bits per heavy atom. The average molecular weight is 381 g/mol. The first-order valence-electron chi connectivity index (χ1n) is 9.68. The average Bonchev–Trinajstić information content (AvgIpc) is 3.25. The van der Waals surface area contributed by atoms with Crippen LogP contribution in [0.3, 0.4) is 0 Å². The van der Waals surface area contributed by atoms with Gasteiger partial charge in [0.15, 0.2) is 0 Å². The molecule has 2 amide bonds. The van der Waals surface area contributed by atoms with Gasteiger partial charge in [0, 0.05) is 37.7 Å². The molecule has 0 aromatic heterocycles. The minimum Gasteiger partial charge on any atom is -0.376 e. The highest BCUT2D eigenvalue weighted by molar-refractivity contribution is 5.94. The first kappa shape index (κ1) is 20.0. The first-order valence-corrected chi connectivity index (χ1v) is 9.68. The summed E-state index contributed by atoms with van der Waals surface area (Å²) < 4.78 is 5.52. The van der Waals surface area contributed by atoms with Crippen LogP contribution in [0.1, 0.15) is 46.8 Å². The van der Waals surface area contributed by atoms with Gasteiger partial charge in [0.1, 0.15) is 0 Å². The molecule has 1 fully saturated rings. The Bertz CT molecular complexity index is 789. The number of rotatable bonds is 8. The van der Waals surface area contributed by atoms with E-state index in [0.717, 1.165) is 30.6 Å². The summed E-state index contributed by atoms with van der Waals surface area (Å²) in [6.45, 7) is 1.65. The van der Waals surface area contributed by atoms with Crippen LogP contribution in [0, 0.1) is 0 Å². The van der Waals surface area contributed by atoms with E-state index in [-0.39, 0.29) is 30.4 Å². The van der Waals surface area contributed by atoms with Crippen molar-refractivity contribution in [1.29, 1.82) is 0 Å². The Kier molecular flexibility index (Phi) is 7.17. The molecule has 2 aromatic rings. The van der Waals surface area contributed by atoms with E-state index in [1.807, 2.05) is 42.5 Å². The molecule has 2 unspecified atom stereocenters. The van der Waals surface area contributed by atoms with Gasteiger partial charge < -0.3 is 21.1 Å². The normalized spacial score (nSPS) is 17.1. The maximum atomic E-state index is 12.3. The molecule has 6 heteroatoms. The van der Waals surface area contributed by atoms with Crippen LogP contribution in [0.2, 0.25) is 0 Å². The SMILES string of the molecule is NC(CC(=O)NCc1cccc(C(=O)NCC2CCCO2)c1)c1ccccc1. The number of nitrogens with one attached hydrogen (secondary N) is 2. The fraction of sp³-hybridized carbons (Fsp3) is 0.364. The molecule has 1 aliphatic rings. The Morgan fingerprint density at radius 2 is 1.93 bits per heavy atom. The van der Waals surface area contributed by atoms with Crippen LogP contribution in [0.5, 0.6) is 0 Å². The van der Waals surface area contributed by atoms with Crippen LogP contribution in [0.15, 0.2) is 54.6 Å². The monoisotopic (exact) mass is 381 g/mol. The summed E-state index contributed by atoms with van der Waals surface area (Å²) in [4.78, 5) is 24.5. The van der Waals surface area contributed by atoms with Crippen molar-refractivity contribution in [2.45, 2.75) is 38.0 Å². The Hall–Kier alpha value is -2.70. The van der Waals surface area contributed by atoms with E-state index in [1.54, 1.807) is 12.1 Å². The number of nitrogens with two attached hydrogens (primary N) is 1. The molecule has 6 nitrogen and oxygen atoms in total. The van der Waals surface area contributed by atoms with Crippen LogP contribution < -0.4 is 16.4 Å². The molecule has 0 radical (unpaired) electrons. The zero-order chi connectivity index (χ0) is 19.8. The lowest BCUT2D eigenvalue weighted by Crippen LogP contribution is -2.32. The maximum absolute atomic E-state index is 12.3. The standard InChI is InChI=1S/C22H27N3O3/c23-20(17-7-2-1-3-8-17)13-21(26)24-14-16-6-4-9-18(12-16)22(27)25-15-19-10-5-11-28-19/h1-4,6-9,12,19-20H,5,10-11,13-15,23H2,(H,24,26)(H,25,27). The third-order valence-corrected chi connectivity index (χ3v) is 4.83. The third-order valence-electron chi connectivity index (χ3n) is 4.83.